The Labute approximate surface area is 166 Å². The molecule has 28 heavy (non-hydrogen) atoms. The molecule has 1 heterocycles. The second kappa shape index (κ2) is 8.92. The Morgan fingerprint density at radius 2 is 2.00 bits per heavy atom. The third kappa shape index (κ3) is 5.45. The Kier molecular flexibility index (Phi) is 7.06. The summed E-state index contributed by atoms with van der Waals surface area (Å²) in [4.78, 5) is 12.0. The number of amides is 1. The van der Waals surface area contributed by atoms with Gasteiger partial charge in [0.05, 0.1) is 4.90 Å². The maximum Gasteiger partial charge on any atom is 0.263 e. The van der Waals surface area contributed by atoms with E-state index in [4.69, 9.17) is 9.94 Å². The minimum atomic E-state index is -3.92. The molecule has 0 radical (unpaired) electrons. The number of ether oxygens (including phenoxy) is 1. The van der Waals surface area contributed by atoms with Gasteiger partial charge in [-0.05, 0) is 52.0 Å². The number of sulfonamides is 1. The van der Waals surface area contributed by atoms with Crippen LogP contribution in [0.3, 0.4) is 0 Å². The molecule has 0 saturated carbocycles. The number of carbonyl (C=O) groups excluding carboxylic acids is 1. The van der Waals surface area contributed by atoms with E-state index in [0.717, 1.165) is 4.31 Å². The zero-order valence-corrected chi connectivity index (χ0v) is 17.3. The zero-order chi connectivity index (χ0) is 20.9. The van der Waals surface area contributed by atoms with Gasteiger partial charge in [-0.25, -0.2) is 13.9 Å². The maximum absolute atomic E-state index is 13.0. The average Bonchev–Trinajstić information content (AvgIpc) is 2.64. The lowest BCUT2D eigenvalue weighted by atomic mass is 9.98. The number of benzene rings is 1. The Balaban J connectivity index is 2.16. The first-order chi connectivity index (χ1) is 13.1. The van der Waals surface area contributed by atoms with E-state index >= 15 is 0 Å². The Hall–Kier alpha value is -2.12. The van der Waals surface area contributed by atoms with Gasteiger partial charge in [-0.1, -0.05) is 11.8 Å². The molecule has 0 aliphatic carbocycles. The molecule has 2 unspecified atom stereocenters. The van der Waals surface area contributed by atoms with E-state index in [1.165, 1.54) is 12.1 Å². The van der Waals surface area contributed by atoms with Crippen molar-refractivity contribution in [2.45, 2.75) is 44.7 Å². The first-order valence-corrected chi connectivity index (χ1v) is 10.4. The molecule has 9 heteroatoms. The minimum Gasteiger partial charge on any atom is -0.481 e. The van der Waals surface area contributed by atoms with Crippen LogP contribution in [0.5, 0.6) is 5.75 Å². The molecule has 1 aromatic carbocycles. The van der Waals surface area contributed by atoms with Gasteiger partial charge in [0, 0.05) is 24.5 Å². The molecule has 0 aromatic heterocycles. The number of nitrogens with zero attached hydrogens (tertiary/aromatic N) is 1. The van der Waals surface area contributed by atoms with Gasteiger partial charge in [0.15, 0.2) is 0 Å². The molecule has 2 atom stereocenters. The van der Waals surface area contributed by atoms with Gasteiger partial charge in [0.1, 0.15) is 18.4 Å². The van der Waals surface area contributed by atoms with Crippen LogP contribution in [0.1, 0.15) is 27.7 Å². The number of hydrogen-bond donors (Lipinski definition) is 3. The molecule has 1 aliphatic rings. The molecule has 8 nitrogen and oxygen atoms in total. The zero-order valence-electron chi connectivity index (χ0n) is 16.5. The summed E-state index contributed by atoms with van der Waals surface area (Å²) in [6, 6.07) is 4.48. The van der Waals surface area contributed by atoms with Crippen molar-refractivity contribution in [3.05, 3.63) is 24.3 Å². The van der Waals surface area contributed by atoms with Gasteiger partial charge < -0.3 is 10.1 Å². The van der Waals surface area contributed by atoms with Gasteiger partial charge in [0.25, 0.3) is 5.91 Å². The molecule has 154 valence electrons. The largest absolute Gasteiger partial charge is 0.481 e. The van der Waals surface area contributed by atoms with Crippen molar-refractivity contribution in [3.8, 4) is 17.6 Å². The highest BCUT2D eigenvalue weighted by Crippen LogP contribution is 2.24. The van der Waals surface area contributed by atoms with Gasteiger partial charge in [0.2, 0.25) is 10.0 Å². The topological polar surface area (TPSA) is 108 Å². The molecule has 1 fully saturated rings. The monoisotopic (exact) mass is 409 g/mol. The number of hydrogen-bond acceptors (Lipinski definition) is 6. The maximum atomic E-state index is 13.0. The Bertz CT molecular complexity index is 850. The first-order valence-electron chi connectivity index (χ1n) is 8.98. The van der Waals surface area contributed by atoms with Crippen LogP contribution in [0.15, 0.2) is 29.2 Å². The smallest absolute Gasteiger partial charge is 0.263 e. The summed E-state index contributed by atoms with van der Waals surface area (Å²) in [5.41, 5.74) is 1.44. The van der Waals surface area contributed by atoms with Gasteiger partial charge >= 0.3 is 0 Å². The molecular formula is C19H27N3O5S. The molecule has 1 amide bonds. The van der Waals surface area contributed by atoms with Crippen LogP contribution in [-0.4, -0.2) is 55.6 Å². The lowest BCUT2D eigenvalue weighted by molar-refractivity contribution is -0.134. The van der Waals surface area contributed by atoms with Crippen LogP contribution >= 0.6 is 0 Å². The highest BCUT2D eigenvalue weighted by molar-refractivity contribution is 7.89. The lowest BCUT2D eigenvalue weighted by Crippen LogP contribution is -2.63. The summed E-state index contributed by atoms with van der Waals surface area (Å²) in [5, 5.41) is 12.0. The summed E-state index contributed by atoms with van der Waals surface area (Å²) in [7, 11) is -3.92. The molecule has 1 aromatic rings. The third-order valence-corrected chi connectivity index (χ3v) is 6.06. The van der Waals surface area contributed by atoms with E-state index in [1.807, 2.05) is 20.8 Å². The summed E-state index contributed by atoms with van der Waals surface area (Å²) in [6.07, 6.45) is 0. The molecular weight excluding hydrogens is 382 g/mol. The van der Waals surface area contributed by atoms with Crippen LogP contribution in [0.2, 0.25) is 0 Å². The van der Waals surface area contributed by atoms with Crippen molar-refractivity contribution in [1.82, 2.24) is 15.1 Å². The van der Waals surface area contributed by atoms with Crippen molar-refractivity contribution in [3.63, 3.8) is 0 Å². The van der Waals surface area contributed by atoms with Gasteiger partial charge in [-0.2, -0.15) is 4.31 Å². The van der Waals surface area contributed by atoms with Crippen molar-refractivity contribution >= 4 is 15.9 Å². The second-order valence-corrected chi connectivity index (χ2v) is 9.48. The van der Waals surface area contributed by atoms with Crippen molar-refractivity contribution in [2.75, 3.05) is 19.7 Å². The summed E-state index contributed by atoms with van der Waals surface area (Å²) in [6.45, 7) is 8.42. The Morgan fingerprint density at radius 1 is 1.36 bits per heavy atom. The highest BCUT2D eigenvalue weighted by Gasteiger charge is 2.41. The Morgan fingerprint density at radius 3 is 2.57 bits per heavy atom. The van der Waals surface area contributed by atoms with Crippen molar-refractivity contribution in [1.29, 1.82) is 0 Å². The quantitative estimate of drug-likeness (QED) is 0.380. The van der Waals surface area contributed by atoms with E-state index in [-0.39, 0.29) is 23.5 Å². The summed E-state index contributed by atoms with van der Waals surface area (Å²) >= 11 is 0. The third-order valence-electron chi connectivity index (χ3n) is 4.17. The van der Waals surface area contributed by atoms with E-state index in [9.17, 15) is 13.2 Å². The predicted octanol–water partition coefficient (Wildman–Crippen LogP) is 0.971. The number of piperazine rings is 1. The second-order valence-electron chi connectivity index (χ2n) is 7.59. The summed E-state index contributed by atoms with van der Waals surface area (Å²) in [5.74, 6) is 5.70. The predicted molar refractivity (Wildman–Crippen MR) is 104 cm³/mol. The van der Waals surface area contributed by atoms with Crippen LogP contribution in [0.25, 0.3) is 0 Å². The highest BCUT2D eigenvalue weighted by atomic mass is 32.2. The average molecular weight is 410 g/mol. The summed E-state index contributed by atoms with van der Waals surface area (Å²) < 4.78 is 32.7. The number of nitrogens with one attached hydrogen (secondary N) is 2. The number of hydroxylamine groups is 1. The molecule has 1 aliphatic heterocycles. The fourth-order valence-electron chi connectivity index (χ4n) is 2.86. The fraction of sp³-hybridized carbons (Fsp3) is 0.526. The molecule has 3 N–H and O–H groups in total. The van der Waals surface area contributed by atoms with Crippen LogP contribution in [0.4, 0.5) is 0 Å². The SMILES string of the molecule is CC1NCCN(S(=O)(=O)c2ccc(OCC#CC(C)(C)C)cc2)C1C(=O)NO. The normalized spacial score (nSPS) is 20.8. The fourth-order valence-corrected chi connectivity index (χ4v) is 4.52. The lowest BCUT2D eigenvalue weighted by Gasteiger charge is -2.37. The molecule has 1 saturated heterocycles. The van der Waals surface area contributed by atoms with Crippen molar-refractivity contribution < 1.29 is 23.2 Å². The van der Waals surface area contributed by atoms with Crippen LogP contribution in [-0.2, 0) is 14.8 Å². The standard InChI is InChI=1S/C19H27N3O5S/c1-14-17(18(23)21-24)22(12-11-20-14)28(25,26)16-8-6-15(7-9-16)27-13-5-10-19(2,3)4/h6-9,14,17,20,24H,11-13H2,1-4H3,(H,21,23). The molecule has 0 bridgehead atoms. The van der Waals surface area contributed by atoms with Gasteiger partial charge in [-0.3, -0.25) is 10.0 Å². The van der Waals surface area contributed by atoms with E-state index < -0.39 is 28.0 Å². The number of carbonyl (C=O) groups is 1. The molecule has 0 spiro atoms. The number of rotatable bonds is 5. The van der Waals surface area contributed by atoms with Gasteiger partial charge in [-0.15, -0.1) is 0 Å². The van der Waals surface area contributed by atoms with E-state index in [2.05, 4.69) is 17.2 Å². The van der Waals surface area contributed by atoms with Crippen LogP contribution in [0, 0.1) is 17.3 Å². The van der Waals surface area contributed by atoms with Crippen LogP contribution < -0.4 is 15.5 Å². The minimum absolute atomic E-state index is 0.0467. The van der Waals surface area contributed by atoms with E-state index in [0.29, 0.717) is 12.3 Å². The van der Waals surface area contributed by atoms with E-state index in [1.54, 1.807) is 24.5 Å². The molecule has 2 rings (SSSR count). The van der Waals surface area contributed by atoms with Crippen molar-refractivity contribution in [2.24, 2.45) is 5.41 Å². The first kappa shape index (κ1) is 22.2.